The molecule has 0 saturated carbocycles. The van der Waals surface area contributed by atoms with Gasteiger partial charge in [0, 0.05) is 18.1 Å². The molecule has 0 bridgehead atoms. The average Bonchev–Trinajstić information content (AvgIpc) is 2.87. The van der Waals surface area contributed by atoms with Crippen molar-refractivity contribution >= 4 is 29.6 Å². The van der Waals surface area contributed by atoms with Gasteiger partial charge in [-0.15, -0.1) is 0 Å². The second kappa shape index (κ2) is 6.45. The van der Waals surface area contributed by atoms with Crippen molar-refractivity contribution in [3.63, 3.8) is 0 Å². The van der Waals surface area contributed by atoms with E-state index in [-0.39, 0.29) is 6.54 Å². The number of amides is 4. The monoisotopic (exact) mass is 337 g/mol. The van der Waals surface area contributed by atoms with Crippen LogP contribution in [0.1, 0.15) is 24.3 Å². The van der Waals surface area contributed by atoms with Crippen LogP contribution >= 0.6 is 11.6 Å². The maximum absolute atomic E-state index is 12.0. The minimum atomic E-state index is -0.709. The third-order valence-corrected chi connectivity index (χ3v) is 4.32. The molecule has 122 valence electrons. The highest BCUT2D eigenvalue weighted by Gasteiger charge is 2.35. The van der Waals surface area contributed by atoms with Crippen LogP contribution in [-0.4, -0.2) is 47.6 Å². The minimum Gasteiger partial charge on any atom is -0.326 e. The van der Waals surface area contributed by atoms with Gasteiger partial charge < -0.3 is 15.1 Å². The number of benzene rings is 1. The Morgan fingerprint density at radius 2 is 1.83 bits per heavy atom. The number of hydroxylamine groups is 2. The first kappa shape index (κ1) is 15.6. The largest absolute Gasteiger partial charge is 0.434 e. The van der Waals surface area contributed by atoms with Gasteiger partial charge in [-0.2, -0.15) is 0 Å². The molecule has 3 rings (SSSR count). The van der Waals surface area contributed by atoms with Crippen molar-refractivity contribution < 1.29 is 19.2 Å². The number of carbonyl (C=O) groups excluding carboxylic acids is 3. The molecule has 0 radical (unpaired) electrons. The molecule has 0 atom stereocenters. The molecule has 0 aromatic heterocycles. The zero-order valence-corrected chi connectivity index (χ0v) is 13.1. The summed E-state index contributed by atoms with van der Waals surface area (Å²) in [5.41, 5.74) is 1.19. The molecule has 4 amide bonds. The van der Waals surface area contributed by atoms with Crippen molar-refractivity contribution in [2.75, 3.05) is 19.6 Å². The van der Waals surface area contributed by atoms with E-state index in [4.69, 9.17) is 16.4 Å². The number of nitrogens with zero attached hydrogens (tertiary/aromatic N) is 2. The Hall–Kier alpha value is -2.28. The lowest BCUT2D eigenvalue weighted by Crippen LogP contribution is -2.43. The first-order valence-corrected chi connectivity index (χ1v) is 7.75. The highest BCUT2D eigenvalue weighted by molar-refractivity contribution is 6.30. The van der Waals surface area contributed by atoms with E-state index in [1.807, 2.05) is 24.3 Å². The fourth-order valence-corrected chi connectivity index (χ4v) is 2.89. The Balaban J connectivity index is 1.54. The zero-order chi connectivity index (χ0) is 16.4. The molecule has 1 N–H and O–H groups in total. The van der Waals surface area contributed by atoms with E-state index in [1.54, 1.807) is 0 Å². The van der Waals surface area contributed by atoms with Crippen molar-refractivity contribution in [1.29, 1.82) is 0 Å². The van der Waals surface area contributed by atoms with Crippen molar-refractivity contribution in [1.82, 2.24) is 15.3 Å². The first-order chi connectivity index (χ1) is 11.0. The predicted molar refractivity (Wildman–Crippen MR) is 81.7 cm³/mol. The van der Waals surface area contributed by atoms with E-state index in [0.29, 0.717) is 29.1 Å². The molecule has 1 aromatic carbocycles. The Morgan fingerprint density at radius 3 is 2.39 bits per heavy atom. The summed E-state index contributed by atoms with van der Waals surface area (Å²) in [7, 11) is 0. The summed E-state index contributed by atoms with van der Waals surface area (Å²) >= 11 is 5.89. The first-order valence-electron chi connectivity index (χ1n) is 7.37. The van der Waals surface area contributed by atoms with E-state index in [2.05, 4.69) is 5.32 Å². The number of nitrogens with one attached hydrogen (secondary N) is 1. The molecule has 0 spiro atoms. The third kappa shape index (κ3) is 3.39. The number of hydrogen-bond donors (Lipinski definition) is 1. The van der Waals surface area contributed by atoms with Crippen LogP contribution in [0.15, 0.2) is 24.3 Å². The van der Waals surface area contributed by atoms with E-state index in [1.165, 1.54) is 10.5 Å². The molecule has 0 aliphatic carbocycles. The Bertz CT molecular complexity index is 610. The lowest BCUT2D eigenvalue weighted by atomic mass is 9.90. The molecule has 7 nitrogen and oxygen atoms in total. The topological polar surface area (TPSA) is 79.0 Å². The second-order valence-electron chi connectivity index (χ2n) is 5.52. The number of rotatable bonds is 2. The van der Waals surface area contributed by atoms with Gasteiger partial charge in [-0.1, -0.05) is 28.8 Å². The van der Waals surface area contributed by atoms with Gasteiger partial charge in [0.05, 0.1) is 0 Å². The maximum Gasteiger partial charge on any atom is 0.434 e. The van der Waals surface area contributed by atoms with E-state index in [9.17, 15) is 14.4 Å². The van der Waals surface area contributed by atoms with Gasteiger partial charge in [0.2, 0.25) is 0 Å². The number of likely N-dealkylation sites (tertiary alicyclic amines) is 1. The molecular weight excluding hydrogens is 322 g/mol. The normalized spacial score (nSPS) is 19.0. The summed E-state index contributed by atoms with van der Waals surface area (Å²) in [6.07, 6.45) is 0.901. The molecule has 8 heteroatoms. The Kier molecular flexibility index (Phi) is 4.38. The van der Waals surface area contributed by atoms with E-state index < -0.39 is 18.0 Å². The summed E-state index contributed by atoms with van der Waals surface area (Å²) in [5, 5.41) is 3.47. The van der Waals surface area contributed by atoms with Crippen LogP contribution in [0, 0.1) is 0 Å². The minimum absolute atomic E-state index is 0.148. The van der Waals surface area contributed by atoms with Gasteiger partial charge in [-0.05, 0) is 36.5 Å². The average molecular weight is 338 g/mol. The number of urea groups is 1. The van der Waals surface area contributed by atoms with Crippen LogP contribution < -0.4 is 5.32 Å². The molecule has 1 aromatic rings. The SMILES string of the molecule is O=C(ON1C(=O)CNC1=O)N1CCC(c2ccc(Cl)cc2)CC1. The van der Waals surface area contributed by atoms with Crippen molar-refractivity contribution in [3.8, 4) is 0 Å². The lowest BCUT2D eigenvalue weighted by molar-refractivity contribution is -0.149. The van der Waals surface area contributed by atoms with E-state index >= 15 is 0 Å². The van der Waals surface area contributed by atoms with Crippen LogP contribution in [-0.2, 0) is 9.63 Å². The summed E-state index contributed by atoms with van der Waals surface area (Å²) in [5.74, 6) is -0.215. The number of imide groups is 1. The fourth-order valence-electron chi connectivity index (χ4n) is 2.77. The predicted octanol–water partition coefficient (Wildman–Crippen LogP) is 2.12. The standard InChI is InChI=1S/C15H16ClN3O4/c16-12-3-1-10(2-4-12)11-5-7-18(8-6-11)15(22)23-19-13(20)9-17-14(19)21/h1-4,11H,5-9H2,(H,17,21). The number of piperidine rings is 1. The van der Waals surface area contributed by atoms with Crippen LogP contribution in [0.3, 0.4) is 0 Å². The van der Waals surface area contributed by atoms with Gasteiger partial charge in [-0.25, -0.2) is 9.59 Å². The zero-order valence-electron chi connectivity index (χ0n) is 12.3. The summed E-state index contributed by atoms with van der Waals surface area (Å²) in [4.78, 5) is 41.2. The molecule has 2 saturated heterocycles. The molecule has 23 heavy (non-hydrogen) atoms. The second-order valence-corrected chi connectivity index (χ2v) is 5.95. The number of carbonyl (C=O) groups is 3. The summed E-state index contributed by atoms with van der Waals surface area (Å²) < 4.78 is 0. The van der Waals surface area contributed by atoms with Crippen LogP contribution in [0.2, 0.25) is 5.02 Å². The maximum atomic E-state index is 12.0. The van der Waals surface area contributed by atoms with Gasteiger partial charge in [0.1, 0.15) is 6.54 Å². The van der Waals surface area contributed by atoms with Crippen molar-refractivity contribution in [3.05, 3.63) is 34.9 Å². The quantitative estimate of drug-likeness (QED) is 0.838. The molecular formula is C15H16ClN3O4. The fraction of sp³-hybridized carbons (Fsp3) is 0.400. The molecule has 2 heterocycles. The van der Waals surface area contributed by atoms with E-state index in [0.717, 1.165) is 12.8 Å². The van der Waals surface area contributed by atoms with Gasteiger partial charge in [0.15, 0.2) is 0 Å². The van der Waals surface area contributed by atoms with Crippen LogP contribution in [0.25, 0.3) is 0 Å². The van der Waals surface area contributed by atoms with Gasteiger partial charge >= 0.3 is 12.1 Å². The number of halogens is 1. The third-order valence-electron chi connectivity index (χ3n) is 4.07. The summed E-state index contributed by atoms with van der Waals surface area (Å²) in [6, 6.07) is 6.99. The highest BCUT2D eigenvalue weighted by atomic mass is 35.5. The van der Waals surface area contributed by atoms with Gasteiger partial charge in [-0.3, -0.25) is 4.79 Å². The number of hydrogen-bond acceptors (Lipinski definition) is 4. The summed E-state index contributed by atoms with van der Waals surface area (Å²) in [6.45, 7) is 0.871. The lowest BCUT2D eigenvalue weighted by Gasteiger charge is -2.31. The van der Waals surface area contributed by atoms with Crippen molar-refractivity contribution in [2.24, 2.45) is 0 Å². The molecule has 0 unspecified atom stereocenters. The molecule has 2 aliphatic heterocycles. The Morgan fingerprint density at radius 1 is 1.17 bits per heavy atom. The Labute approximate surface area is 138 Å². The van der Waals surface area contributed by atoms with Gasteiger partial charge in [0.25, 0.3) is 5.91 Å². The van der Waals surface area contributed by atoms with Crippen LogP contribution in [0.4, 0.5) is 9.59 Å². The molecule has 2 aliphatic rings. The van der Waals surface area contributed by atoms with Crippen molar-refractivity contribution in [2.45, 2.75) is 18.8 Å². The highest BCUT2D eigenvalue weighted by Crippen LogP contribution is 2.29. The molecule has 2 fully saturated rings. The van der Waals surface area contributed by atoms with Crippen LogP contribution in [0.5, 0.6) is 0 Å². The smallest absolute Gasteiger partial charge is 0.326 e.